The van der Waals surface area contributed by atoms with Crippen LogP contribution in [0.4, 0.5) is 5.69 Å². The van der Waals surface area contributed by atoms with Gasteiger partial charge >= 0.3 is 0 Å². The molecule has 2 aromatic heterocycles. The first-order valence-electron chi connectivity index (χ1n) is 4.72. The molecule has 2 aromatic rings. The molecule has 0 radical (unpaired) electrons. The van der Waals surface area contributed by atoms with Gasteiger partial charge in [-0.3, -0.25) is 9.97 Å². The van der Waals surface area contributed by atoms with E-state index in [0.29, 0.717) is 6.04 Å². The molecule has 0 aliphatic rings. The van der Waals surface area contributed by atoms with Crippen molar-refractivity contribution < 1.29 is 0 Å². The summed E-state index contributed by atoms with van der Waals surface area (Å²) in [6.45, 7) is 4.21. The van der Waals surface area contributed by atoms with Crippen molar-refractivity contribution in [2.75, 3.05) is 5.32 Å². The molecule has 1 N–H and O–H groups in total. The van der Waals surface area contributed by atoms with Crippen LogP contribution >= 0.6 is 0 Å². The zero-order valence-electron chi connectivity index (χ0n) is 8.36. The van der Waals surface area contributed by atoms with Crippen LogP contribution in [0, 0.1) is 0 Å². The molecule has 72 valence electrons. The Morgan fingerprint density at radius 3 is 2.93 bits per heavy atom. The van der Waals surface area contributed by atoms with Crippen LogP contribution in [0.15, 0.2) is 30.7 Å². The Labute approximate surface area is 83.2 Å². The van der Waals surface area contributed by atoms with Gasteiger partial charge < -0.3 is 5.32 Å². The second-order valence-corrected chi connectivity index (χ2v) is 3.59. The Kier molecular flexibility index (Phi) is 2.31. The Morgan fingerprint density at radius 1 is 1.29 bits per heavy atom. The molecule has 0 aliphatic carbocycles. The van der Waals surface area contributed by atoms with Crippen molar-refractivity contribution in [3.63, 3.8) is 0 Å². The maximum absolute atomic E-state index is 4.33. The highest BCUT2D eigenvalue weighted by molar-refractivity contribution is 5.80. The van der Waals surface area contributed by atoms with Gasteiger partial charge in [0, 0.05) is 23.8 Å². The first-order valence-corrected chi connectivity index (χ1v) is 4.72. The highest BCUT2D eigenvalue weighted by atomic mass is 14.9. The largest absolute Gasteiger partial charge is 0.382 e. The monoisotopic (exact) mass is 187 g/mol. The molecule has 0 spiro atoms. The van der Waals surface area contributed by atoms with Gasteiger partial charge in [0.05, 0.1) is 17.4 Å². The van der Waals surface area contributed by atoms with Crippen LogP contribution in [0.3, 0.4) is 0 Å². The molecule has 3 nitrogen and oxygen atoms in total. The van der Waals surface area contributed by atoms with Crippen LogP contribution in [0.1, 0.15) is 13.8 Å². The lowest BCUT2D eigenvalue weighted by Gasteiger charge is -2.09. The van der Waals surface area contributed by atoms with E-state index in [0.717, 1.165) is 16.6 Å². The summed E-state index contributed by atoms with van der Waals surface area (Å²) in [4.78, 5) is 8.40. The van der Waals surface area contributed by atoms with Gasteiger partial charge in [-0.2, -0.15) is 0 Å². The highest BCUT2D eigenvalue weighted by Gasteiger charge is 1.98. The van der Waals surface area contributed by atoms with Gasteiger partial charge in [-0.05, 0) is 26.0 Å². The van der Waals surface area contributed by atoms with Crippen LogP contribution in [-0.4, -0.2) is 16.0 Å². The molecule has 0 bridgehead atoms. The molecule has 0 saturated heterocycles. The van der Waals surface area contributed by atoms with E-state index in [-0.39, 0.29) is 0 Å². The molecular formula is C11H13N3. The van der Waals surface area contributed by atoms with E-state index in [4.69, 9.17) is 0 Å². The molecule has 2 heterocycles. The van der Waals surface area contributed by atoms with Crippen LogP contribution in [-0.2, 0) is 0 Å². The lowest BCUT2D eigenvalue weighted by atomic mass is 10.2. The van der Waals surface area contributed by atoms with Gasteiger partial charge in [0.1, 0.15) is 0 Å². The van der Waals surface area contributed by atoms with Crippen molar-refractivity contribution in [2.45, 2.75) is 19.9 Å². The van der Waals surface area contributed by atoms with Gasteiger partial charge in [-0.15, -0.1) is 0 Å². The van der Waals surface area contributed by atoms with Crippen molar-refractivity contribution in [1.29, 1.82) is 0 Å². The molecule has 0 aliphatic heterocycles. The summed E-state index contributed by atoms with van der Waals surface area (Å²) < 4.78 is 0. The summed E-state index contributed by atoms with van der Waals surface area (Å²) in [6, 6.07) is 4.40. The number of pyridine rings is 2. The maximum atomic E-state index is 4.33. The van der Waals surface area contributed by atoms with E-state index in [1.807, 2.05) is 18.5 Å². The molecule has 14 heavy (non-hydrogen) atoms. The Hall–Kier alpha value is -1.64. The topological polar surface area (TPSA) is 37.8 Å². The Bertz CT molecular complexity index is 437. The lowest BCUT2D eigenvalue weighted by molar-refractivity contribution is 0.898. The molecule has 2 rings (SSSR count). The number of rotatable bonds is 2. The molecular weight excluding hydrogens is 174 g/mol. The number of anilines is 1. The summed E-state index contributed by atoms with van der Waals surface area (Å²) in [5.41, 5.74) is 2.02. The smallest absolute Gasteiger partial charge is 0.0734 e. The number of aromatic nitrogens is 2. The van der Waals surface area contributed by atoms with Crippen LogP contribution < -0.4 is 5.32 Å². The minimum absolute atomic E-state index is 0.422. The van der Waals surface area contributed by atoms with Crippen LogP contribution in [0.2, 0.25) is 0 Å². The zero-order valence-corrected chi connectivity index (χ0v) is 8.36. The molecule has 0 amide bonds. The van der Waals surface area contributed by atoms with Gasteiger partial charge in [0.15, 0.2) is 0 Å². The van der Waals surface area contributed by atoms with E-state index < -0.39 is 0 Å². The lowest BCUT2D eigenvalue weighted by Crippen LogP contribution is -2.09. The third-order valence-electron chi connectivity index (χ3n) is 1.94. The average molecular weight is 187 g/mol. The number of hydrogen-bond donors (Lipinski definition) is 1. The van der Waals surface area contributed by atoms with E-state index in [2.05, 4.69) is 35.2 Å². The predicted molar refractivity (Wildman–Crippen MR) is 58.3 cm³/mol. The van der Waals surface area contributed by atoms with Crippen LogP contribution in [0.25, 0.3) is 10.9 Å². The first-order chi connectivity index (χ1) is 6.75. The summed E-state index contributed by atoms with van der Waals surface area (Å²) in [7, 11) is 0. The van der Waals surface area contributed by atoms with E-state index in [9.17, 15) is 0 Å². The minimum atomic E-state index is 0.422. The molecule has 0 fully saturated rings. The first kappa shape index (κ1) is 8.94. The second-order valence-electron chi connectivity index (χ2n) is 3.59. The maximum Gasteiger partial charge on any atom is 0.0734 e. The summed E-state index contributed by atoms with van der Waals surface area (Å²) in [6.07, 6.45) is 5.43. The van der Waals surface area contributed by atoms with E-state index >= 15 is 0 Å². The standard InChI is InChI=1S/C11H13N3/c1-8(2)14-10-5-9-6-12-4-3-11(9)13-7-10/h3-8,14H,1-2H3. The number of fused-ring (bicyclic) bond motifs is 1. The van der Waals surface area contributed by atoms with Gasteiger partial charge in [0.25, 0.3) is 0 Å². The van der Waals surface area contributed by atoms with Crippen molar-refractivity contribution >= 4 is 16.6 Å². The zero-order chi connectivity index (χ0) is 9.97. The normalized spacial score (nSPS) is 10.8. The van der Waals surface area contributed by atoms with Gasteiger partial charge in [-0.1, -0.05) is 0 Å². The summed E-state index contributed by atoms with van der Waals surface area (Å²) >= 11 is 0. The fourth-order valence-corrected chi connectivity index (χ4v) is 1.38. The third-order valence-corrected chi connectivity index (χ3v) is 1.94. The minimum Gasteiger partial charge on any atom is -0.382 e. The highest BCUT2D eigenvalue weighted by Crippen LogP contribution is 2.15. The number of hydrogen-bond acceptors (Lipinski definition) is 3. The number of nitrogens with zero attached hydrogens (tertiary/aromatic N) is 2. The fourth-order valence-electron chi connectivity index (χ4n) is 1.38. The van der Waals surface area contributed by atoms with Crippen molar-refractivity contribution in [2.24, 2.45) is 0 Å². The summed E-state index contributed by atoms with van der Waals surface area (Å²) in [5.74, 6) is 0. The second kappa shape index (κ2) is 3.62. The predicted octanol–water partition coefficient (Wildman–Crippen LogP) is 2.45. The fraction of sp³-hybridized carbons (Fsp3) is 0.273. The Morgan fingerprint density at radius 2 is 2.14 bits per heavy atom. The molecule has 0 aromatic carbocycles. The third kappa shape index (κ3) is 1.82. The average Bonchev–Trinajstić information content (AvgIpc) is 2.17. The Balaban J connectivity index is 2.41. The van der Waals surface area contributed by atoms with Crippen molar-refractivity contribution in [1.82, 2.24) is 9.97 Å². The quantitative estimate of drug-likeness (QED) is 0.784. The van der Waals surface area contributed by atoms with Gasteiger partial charge in [0.2, 0.25) is 0 Å². The SMILES string of the molecule is CC(C)Nc1cnc2ccncc2c1. The molecule has 0 saturated carbocycles. The summed E-state index contributed by atoms with van der Waals surface area (Å²) in [5, 5.41) is 4.37. The van der Waals surface area contributed by atoms with E-state index in [1.165, 1.54) is 0 Å². The van der Waals surface area contributed by atoms with Crippen molar-refractivity contribution in [3.8, 4) is 0 Å². The van der Waals surface area contributed by atoms with E-state index in [1.54, 1.807) is 6.20 Å². The van der Waals surface area contributed by atoms with Crippen LogP contribution in [0.5, 0.6) is 0 Å². The molecule has 0 atom stereocenters. The van der Waals surface area contributed by atoms with Gasteiger partial charge in [-0.25, -0.2) is 0 Å². The molecule has 0 unspecified atom stereocenters. The number of nitrogens with one attached hydrogen (secondary N) is 1. The molecule has 3 heteroatoms. The van der Waals surface area contributed by atoms with Crippen molar-refractivity contribution in [3.05, 3.63) is 30.7 Å².